The summed E-state index contributed by atoms with van der Waals surface area (Å²) in [6, 6.07) is 25.4. The average molecular weight is 665 g/mol. The molecule has 8 nitrogen and oxygen atoms in total. The smallest absolute Gasteiger partial charge is 0.251 e. The Morgan fingerprint density at radius 2 is 1.67 bits per heavy atom. The monoisotopic (exact) mass is 664 g/mol. The highest BCUT2D eigenvalue weighted by Gasteiger charge is 2.12. The van der Waals surface area contributed by atoms with E-state index < -0.39 is 10.8 Å². The summed E-state index contributed by atoms with van der Waals surface area (Å²) in [4.78, 5) is 18.2. The van der Waals surface area contributed by atoms with Crippen molar-refractivity contribution in [1.82, 2.24) is 14.1 Å². The van der Waals surface area contributed by atoms with Crippen molar-refractivity contribution in [2.45, 2.75) is 57.2 Å². The van der Waals surface area contributed by atoms with E-state index in [1.54, 1.807) is 36.8 Å². The van der Waals surface area contributed by atoms with Gasteiger partial charge in [0.15, 0.2) is 0 Å². The number of imidazole rings is 1. The molecule has 0 aliphatic rings. The summed E-state index contributed by atoms with van der Waals surface area (Å²) in [5, 5.41) is 2.99. The molecule has 1 atom stereocenters. The van der Waals surface area contributed by atoms with Crippen LogP contribution < -0.4 is 10.1 Å². The summed E-state index contributed by atoms with van der Waals surface area (Å²) >= 11 is 0. The lowest BCUT2D eigenvalue weighted by atomic mass is 10.00. The van der Waals surface area contributed by atoms with Gasteiger partial charge >= 0.3 is 0 Å². The molecule has 5 aromatic rings. The largest absolute Gasteiger partial charge is 0.491 e. The molecule has 250 valence electrons. The topological polar surface area (TPSA) is 87.4 Å². The van der Waals surface area contributed by atoms with Crippen LogP contribution in [0.5, 0.6) is 5.75 Å². The first kappa shape index (κ1) is 34.6. The maximum atomic E-state index is 13.3. The number of carbonyl (C=O) groups excluding carboxylic acids is 1. The fourth-order valence-electron chi connectivity index (χ4n) is 5.24. The Bertz CT molecular complexity index is 1810. The van der Waals surface area contributed by atoms with Crippen molar-refractivity contribution in [2.24, 2.45) is 0 Å². The Balaban J connectivity index is 1.26. The number of rotatable bonds is 17. The third-order valence-corrected chi connectivity index (χ3v) is 9.24. The van der Waals surface area contributed by atoms with Crippen LogP contribution in [0.3, 0.4) is 0 Å². The van der Waals surface area contributed by atoms with Crippen LogP contribution in [0, 0.1) is 0 Å². The van der Waals surface area contributed by atoms with Gasteiger partial charge in [-0.05, 0) is 103 Å². The van der Waals surface area contributed by atoms with E-state index in [0.717, 1.165) is 66.2 Å². The molecule has 0 fully saturated rings. The fraction of sp³-hybridized carbons (Fsp3) is 0.282. The molecule has 1 N–H and O–H groups in total. The number of unbranched alkanes of at least 4 members (excludes halogenated alkanes) is 1. The van der Waals surface area contributed by atoms with E-state index >= 15 is 0 Å². The summed E-state index contributed by atoms with van der Waals surface area (Å²) in [6.45, 7) is 8.76. The van der Waals surface area contributed by atoms with E-state index in [4.69, 9.17) is 9.47 Å². The van der Waals surface area contributed by atoms with Crippen molar-refractivity contribution in [2.75, 3.05) is 25.1 Å². The third kappa shape index (κ3) is 9.42. The third-order valence-electron chi connectivity index (χ3n) is 7.88. The summed E-state index contributed by atoms with van der Waals surface area (Å²) in [6.07, 6.45) is 12.6. The van der Waals surface area contributed by atoms with Crippen LogP contribution in [0.2, 0.25) is 0 Å². The maximum Gasteiger partial charge on any atom is 0.251 e. The van der Waals surface area contributed by atoms with Crippen LogP contribution in [-0.4, -0.2) is 44.1 Å². The summed E-state index contributed by atoms with van der Waals surface area (Å²) in [5.74, 6) is 0.979. The first-order chi connectivity index (χ1) is 23.4. The molecule has 0 bridgehead atoms. The highest BCUT2D eigenvalue weighted by atomic mass is 32.2. The number of aryl methyl sites for hydroxylation is 1. The molecule has 5 rings (SSSR count). The van der Waals surface area contributed by atoms with Gasteiger partial charge in [-0.3, -0.25) is 9.00 Å². The van der Waals surface area contributed by atoms with E-state index in [0.29, 0.717) is 35.1 Å². The molecular formula is C39H44N4O4S. The lowest BCUT2D eigenvalue weighted by molar-refractivity contribution is -0.112. The number of amides is 1. The zero-order valence-electron chi connectivity index (χ0n) is 27.9. The normalized spacial score (nSPS) is 12.2. The molecular weight excluding hydrogens is 621 g/mol. The van der Waals surface area contributed by atoms with Crippen molar-refractivity contribution in [1.29, 1.82) is 0 Å². The second kappa shape index (κ2) is 17.4. The van der Waals surface area contributed by atoms with Crippen LogP contribution in [0.4, 0.5) is 5.69 Å². The van der Waals surface area contributed by atoms with Crippen LogP contribution in [0.15, 0.2) is 114 Å². The molecule has 0 saturated carbocycles. The Labute approximate surface area is 285 Å². The van der Waals surface area contributed by atoms with Gasteiger partial charge in [-0.15, -0.1) is 0 Å². The van der Waals surface area contributed by atoms with E-state index in [1.807, 2.05) is 70.9 Å². The van der Waals surface area contributed by atoms with Crippen molar-refractivity contribution in [3.8, 4) is 22.6 Å². The molecule has 0 radical (unpaired) electrons. The quantitative estimate of drug-likeness (QED) is 0.0799. The minimum Gasteiger partial charge on any atom is -0.491 e. The van der Waals surface area contributed by atoms with Gasteiger partial charge in [0.05, 0.1) is 40.9 Å². The predicted molar refractivity (Wildman–Crippen MR) is 194 cm³/mol. The molecule has 1 amide bonds. The zero-order chi connectivity index (χ0) is 33.7. The summed E-state index contributed by atoms with van der Waals surface area (Å²) < 4.78 is 28.5. The minimum atomic E-state index is -1.22. The van der Waals surface area contributed by atoms with Crippen LogP contribution in [-0.2, 0) is 32.6 Å². The van der Waals surface area contributed by atoms with E-state index in [1.165, 1.54) is 0 Å². The molecule has 2 heterocycles. The standard InChI is InChI=1S/C39H44N4O4S/c1-4-6-22-46-23-24-47-36-14-9-31(10-15-36)32-11-18-38(42-20-7-8-21-42)33(26-32)25-30(3)39(44)41-34-12-16-37(17-13-34)48(45)28-35-27-40-29-43(35)19-5-2/h7-18,20-21,25-27,29H,4-6,19,22-24,28H2,1-3H3,(H,41,44)/t48-/m0/s1. The first-order valence-electron chi connectivity index (χ1n) is 16.5. The number of anilines is 1. The molecule has 0 aliphatic heterocycles. The minimum absolute atomic E-state index is 0.212. The van der Waals surface area contributed by atoms with Gasteiger partial charge < -0.3 is 23.9 Å². The highest BCUT2D eigenvalue weighted by Crippen LogP contribution is 2.28. The predicted octanol–water partition coefficient (Wildman–Crippen LogP) is 8.30. The number of hydrogen-bond donors (Lipinski definition) is 1. The molecule has 0 aliphatic carbocycles. The van der Waals surface area contributed by atoms with E-state index in [9.17, 15) is 9.00 Å². The Morgan fingerprint density at radius 1 is 0.917 bits per heavy atom. The molecule has 0 spiro atoms. The molecule has 2 aromatic heterocycles. The highest BCUT2D eigenvalue weighted by molar-refractivity contribution is 7.84. The SMILES string of the molecule is CCCCOCCOc1ccc(-c2ccc(-n3cccc3)c(C=C(C)C(=O)Nc3ccc([S@@](=O)Cc4cncn4CCC)cc3)c2)cc1. The maximum absolute atomic E-state index is 13.3. The van der Waals surface area contributed by atoms with E-state index in [2.05, 4.69) is 42.3 Å². The van der Waals surface area contributed by atoms with Crippen molar-refractivity contribution in [3.05, 3.63) is 121 Å². The number of carbonyl (C=O) groups is 1. The van der Waals surface area contributed by atoms with Gasteiger partial charge in [0.25, 0.3) is 5.91 Å². The van der Waals surface area contributed by atoms with Gasteiger partial charge in [-0.1, -0.05) is 38.5 Å². The Kier molecular flexibility index (Phi) is 12.6. The van der Waals surface area contributed by atoms with Gasteiger partial charge in [-0.2, -0.15) is 0 Å². The number of ether oxygens (including phenoxy) is 2. The number of nitrogens with zero attached hydrogens (tertiary/aromatic N) is 3. The number of nitrogens with one attached hydrogen (secondary N) is 1. The molecule has 0 unspecified atom stereocenters. The van der Waals surface area contributed by atoms with Gasteiger partial charge in [-0.25, -0.2) is 4.98 Å². The second-order valence-electron chi connectivity index (χ2n) is 11.6. The van der Waals surface area contributed by atoms with Gasteiger partial charge in [0, 0.05) is 47.9 Å². The summed E-state index contributed by atoms with van der Waals surface area (Å²) in [7, 11) is -1.22. The molecule has 9 heteroatoms. The van der Waals surface area contributed by atoms with Gasteiger partial charge in [0.2, 0.25) is 0 Å². The van der Waals surface area contributed by atoms with Crippen LogP contribution >= 0.6 is 0 Å². The van der Waals surface area contributed by atoms with Crippen LogP contribution in [0.1, 0.15) is 51.3 Å². The number of aromatic nitrogens is 3. The summed E-state index contributed by atoms with van der Waals surface area (Å²) in [5.41, 5.74) is 6.09. The molecule has 0 saturated heterocycles. The second-order valence-corrected chi connectivity index (χ2v) is 13.0. The lowest BCUT2D eigenvalue weighted by Gasteiger charge is -2.13. The number of benzene rings is 3. The van der Waals surface area contributed by atoms with E-state index in [-0.39, 0.29) is 5.91 Å². The fourth-order valence-corrected chi connectivity index (χ4v) is 6.35. The van der Waals surface area contributed by atoms with Crippen molar-refractivity contribution >= 4 is 28.5 Å². The first-order valence-corrected chi connectivity index (χ1v) is 17.8. The molecule has 3 aromatic carbocycles. The Morgan fingerprint density at radius 3 is 2.40 bits per heavy atom. The van der Waals surface area contributed by atoms with Crippen molar-refractivity contribution < 1.29 is 18.5 Å². The molecule has 48 heavy (non-hydrogen) atoms. The zero-order valence-corrected chi connectivity index (χ0v) is 28.7. The lowest BCUT2D eigenvalue weighted by Crippen LogP contribution is -2.12. The number of hydrogen-bond acceptors (Lipinski definition) is 5. The van der Waals surface area contributed by atoms with Crippen molar-refractivity contribution in [3.63, 3.8) is 0 Å². The van der Waals surface area contributed by atoms with Crippen LogP contribution in [0.25, 0.3) is 22.9 Å². The Hall–Kier alpha value is -4.73. The van der Waals surface area contributed by atoms with Gasteiger partial charge in [0.1, 0.15) is 12.4 Å². The average Bonchev–Trinajstić information content (AvgIpc) is 3.80.